The Labute approximate surface area is 143 Å². The molecule has 0 amide bonds. The zero-order valence-corrected chi connectivity index (χ0v) is 14.8. The van der Waals surface area contributed by atoms with Crippen molar-refractivity contribution in [1.29, 1.82) is 0 Å². The number of thiophene rings is 1. The van der Waals surface area contributed by atoms with E-state index in [9.17, 15) is 0 Å². The molecule has 124 valence electrons. The Hall–Kier alpha value is -1.30. The molecule has 1 saturated heterocycles. The molecule has 1 fully saturated rings. The van der Waals surface area contributed by atoms with Crippen molar-refractivity contribution in [1.82, 2.24) is 20.2 Å². The summed E-state index contributed by atoms with van der Waals surface area (Å²) in [7, 11) is 0. The molecule has 2 atom stereocenters. The van der Waals surface area contributed by atoms with E-state index in [2.05, 4.69) is 51.5 Å². The highest BCUT2D eigenvalue weighted by molar-refractivity contribution is 7.10. The third-order valence-electron chi connectivity index (χ3n) is 4.77. The van der Waals surface area contributed by atoms with Crippen LogP contribution in [0, 0.1) is 5.92 Å². The van der Waals surface area contributed by atoms with E-state index in [1.807, 2.05) is 17.5 Å². The summed E-state index contributed by atoms with van der Waals surface area (Å²) in [6.45, 7) is 7.88. The summed E-state index contributed by atoms with van der Waals surface area (Å²) in [6.07, 6.45) is 7.94. The zero-order chi connectivity index (χ0) is 16.1. The van der Waals surface area contributed by atoms with Gasteiger partial charge in [0.05, 0.1) is 11.7 Å². The largest absolute Gasteiger partial charge is 0.307 e. The van der Waals surface area contributed by atoms with Gasteiger partial charge in [-0.3, -0.25) is 14.9 Å². The summed E-state index contributed by atoms with van der Waals surface area (Å²) in [5.41, 5.74) is 1.00. The number of rotatable bonds is 6. The predicted molar refractivity (Wildman–Crippen MR) is 95.5 cm³/mol. The minimum Gasteiger partial charge on any atom is -0.307 e. The lowest BCUT2D eigenvalue weighted by Crippen LogP contribution is -2.40. The summed E-state index contributed by atoms with van der Waals surface area (Å²) in [4.78, 5) is 12.7. The van der Waals surface area contributed by atoms with Crippen molar-refractivity contribution in [3.63, 3.8) is 0 Å². The fourth-order valence-electron chi connectivity index (χ4n) is 3.16. The minimum absolute atomic E-state index is 0.217. The van der Waals surface area contributed by atoms with Crippen molar-refractivity contribution in [2.45, 2.75) is 38.8 Å². The molecule has 5 heteroatoms. The van der Waals surface area contributed by atoms with Gasteiger partial charge in [0.15, 0.2) is 0 Å². The van der Waals surface area contributed by atoms with Gasteiger partial charge >= 0.3 is 0 Å². The lowest BCUT2D eigenvalue weighted by atomic mass is 9.97. The van der Waals surface area contributed by atoms with Crippen LogP contribution in [0.5, 0.6) is 0 Å². The molecule has 0 spiro atoms. The fourth-order valence-corrected chi connectivity index (χ4v) is 4.02. The SMILES string of the molecule is CC1CCN([C@@H](CN[C@H](C)c2cnccn2)c2cccs2)CC1. The van der Waals surface area contributed by atoms with Crippen molar-refractivity contribution in [3.05, 3.63) is 46.7 Å². The predicted octanol–water partition coefficient (Wildman–Crippen LogP) is 3.66. The third-order valence-corrected chi connectivity index (χ3v) is 5.75. The molecule has 3 heterocycles. The summed E-state index contributed by atoms with van der Waals surface area (Å²) < 4.78 is 0. The van der Waals surface area contributed by atoms with E-state index in [0.717, 1.165) is 18.2 Å². The van der Waals surface area contributed by atoms with Gasteiger partial charge < -0.3 is 5.32 Å². The highest BCUT2D eigenvalue weighted by Crippen LogP contribution is 2.29. The van der Waals surface area contributed by atoms with Gasteiger partial charge in [-0.25, -0.2) is 0 Å². The number of hydrogen-bond donors (Lipinski definition) is 1. The molecule has 2 aromatic heterocycles. The summed E-state index contributed by atoms with van der Waals surface area (Å²) in [6, 6.07) is 5.10. The number of piperidine rings is 1. The number of hydrogen-bond acceptors (Lipinski definition) is 5. The van der Waals surface area contributed by atoms with E-state index < -0.39 is 0 Å². The summed E-state index contributed by atoms with van der Waals surface area (Å²) >= 11 is 1.86. The Balaban J connectivity index is 1.65. The summed E-state index contributed by atoms with van der Waals surface area (Å²) in [5.74, 6) is 0.863. The van der Waals surface area contributed by atoms with Gasteiger partial charge in [0.1, 0.15) is 0 Å². The molecule has 0 saturated carbocycles. The molecule has 1 N–H and O–H groups in total. The third kappa shape index (κ3) is 4.37. The normalized spacial score (nSPS) is 19.6. The second-order valence-electron chi connectivity index (χ2n) is 6.51. The van der Waals surface area contributed by atoms with Crippen molar-refractivity contribution in [3.8, 4) is 0 Å². The van der Waals surface area contributed by atoms with Gasteiger partial charge in [0.2, 0.25) is 0 Å². The highest BCUT2D eigenvalue weighted by atomic mass is 32.1. The van der Waals surface area contributed by atoms with Crippen LogP contribution in [-0.4, -0.2) is 34.5 Å². The maximum atomic E-state index is 4.41. The van der Waals surface area contributed by atoms with E-state index in [1.54, 1.807) is 12.4 Å². The minimum atomic E-state index is 0.217. The molecule has 0 aromatic carbocycles. The topological polar surface area (TPSA) is 41.0 Å². The highest BCUT2D eigenvalue weighted by Gasteiger charge is 2.25. The Bertz CT molecular complexity index is 564. The summed E-state index contributed by atoms with van der Waals surface area (Å²) in [5, 5.41) is 5.84. The first-order chi connectivity index (χ1) is 11.2. The average molecular weight is 331 g/mol. The lowest BCUT2D eigenvalue weighted by Gasteiger charge is -2.37. The molecule has 0 bridgehead atoms. The van der Waals surface area contributed by atoms with Crippen LogP contribution in [0.2, 0.25) is 0 Å². The van der Waals surface area contributed by atoms with Gasteiger partial charge in [-0.2, -0.15) is 0 Å². The molecule has 0 unspecified atom stereocenters. The van der Waals surface area contributed by atoms with Gasteiger partial charge in [0, 0.05) is 36.1 Å². The first kappa shape index (κ1) is 16.6. The Kier molecular flexibility index (Phi) is 5.75. The standard InChI is InChI=1S/C18H26N4S/c1-14-5-9-22(10-6-14)17(18-4-3-11-23-18)13-21-15(2)16-12-19-7-8-20-16/h3-4,7-8,11-12,14-15,17,21H,5-6,9-10,13H2,1-2H3/t15-,17+/m1/s1. The quantitative estimate of drug-likeness (QED) is 0.877. The van der Waals surface area contributed by atoms with E-state index >= 15 is 0 Å². The number of likely N-dealkylation sites (tertiary alicyclic amines) is 1. The molecular weight excluding hydrogens is 304 g/mol. The van der Waals surface area contributed by atoms with Gasteiger partial charge in [-0.15, -0.1) is 11.3 Å². The average Bonchev–Trinajstić information content (AvgIpc) is 3.11. The smallest absolute Gasteiger partial charge is 0.0753 e. The maximum Gasteiger partial charge on any atom is 0.0753 e. The molecule has 23 heavy (non-hydrogen) atoms. The van der Waals surface area contributed by atoms with Crippen LogP contribution >= 0.6 is 11.3 Å². The molecule has 0 radical (unpaired) electrons. The molecule has 1 aliphatic rings. The molecule has 2 aromatic rings. The fraction of sp³-hybridized carbons (Fsp3) is 0.556. The van der Waals surface area contributed by atoms with Crippen molar-refractivity contribution in [2.75, 3.05) is 19.6 Å². The molecule has 4 nitrogen and oxygen atoms in total. The second kappa shape index (κ2) is 7.99. The van der Waals surface area contributed by atoms with Crippen molar-refractivity contribution >= 4 is 11.3 Å². The van der Waals surface area contributed by atoms with E-state index in [1.165, 1.54) is 30.8 Å². The Morgan fingerprint density at radius 2 is 2.17 bits per heavy atom. The number of nitrogens with one attached hydrogen (secondary N) is 1. The van der Waals surface area contributed by atoms with Gasteiger partial charge in [-0.1, -0.05) is 13.0 Å². The van der Waals surface area contributed by atoms with Gasteiger partial charge in [0.25, 0.3) is 0 Å². The molecular formula is C18H26N4S. The van der Waals surface area contributed by atoms with Crippen LogP contribution < -0.4 is 5.32 Å². The van der Waals surface area contributed by atoms with Crippen LogP contribution in [-0.2, 0) is 0 Å². The molecule has 3 rings (SSSR count). The second-order valence-corrected chi connectivity index (χ2v) is 7.49. The molecule has 0 aliphatic carbocycles. The van der Waals surface area contributed by atoms with Crippen LogP contribution in [0.15, 0.2) is 36.1 Å². The maximum absolute atomic E-state index is 4.41. The van der Waals surface area contributed by atoms with E-state index in [0.29, 0.717) is 6.04 Å². The monoisotopic (exact) mass is 330 g/mol. The zero-order valence-electron chi connectivity index (χ0n) is 14.0. The van der Waals surface area contributed by atoms with E-state index in [4.69, 9.17) is 0 Å². The van der Waals surface area contributed by atoms with Gasteiger partial charge in [-0.05, 0) is 50.2 Å². The van der Waals surface area contributed by atoms with E-state index in [-0.39, 0.29) is 6.04 Å². The first-order valence-corrected chi connectivity index (χ1v) is 9.38. The molecule has 1 aliphatic heterocycles. The van der Waals surface area contributed by atoms with Crippen LogP contribution in [0.1, 0.15) is 49.3 Å². The Morgan fingerprint density at radius 3 is 2.83 bits per heavy atom. The first-order valence-electron chi connectivity index (χ1n) is 8.51. The Morgan fingerprint density at radius 1 is 1.35 bits per heavy atom. The lowest BCUT2D eigenvalue weighted by molar-refractivity contribution is 0.135. The van der Waals surface area contributed by atoms with Crippen LogP contribution in [0.3, 0.4) is 0 Å². The van der Waals surface area contributed by atoms with Crippen LogP contribution in [0.4, 0.5) is 0 Å². The van der Waals surface area contributed by atoms with Crippen LogP contribution in [0.25, 0.3) is 0 Å². The number of aromatic nitrogens is 2. The van der Waals surface area contributed by atoms with Crippen molar-refractivity contribution in [2.24, 2.45) is 5.92 Å². The number of nitrogens with zero attached hydrogens (tertiary/aromatic N) is 3. The van der Waals surface area contributed by atoms with Crippen molar-refractivity contribution < 1.29 is 0 Å².